The topological polar surface area (TPSA) is 75.3 Å². The number of carbonyl (C=O) groups is 2. The monoisotopic (exact) mass is 375 g/mol. The lowest BCUT2D eigenvalue weighted by Crippen LogP contribution is -2.38. The summed E-state index contributed by atoms with van der Waals surface area (Å²) in [6.07, 6.45) is 2.15. The van der Waals surface area contributed by atoms with Gasteiger partial charge in [0, 0.05) is 47.6 Å². The first-order valence-electron chi connectivity index (χ1n) is 9.69. The SMILES string of the molecule is O=C1COc2ccc(C(=O)N3CCC(c4[nH]nc5ccccc45)CC3)cc2C1. The first-order valence-corrected chi connectivity index (χ1v) is 9.69. The average molecular weight is 375 g/mol. The van der Waals surface area contributed by atoms with Crippen LogP contribution in [-0.2, 0) is 11.2 Å². The van der Waals surface area contributed by atoms with Crippen molar-refractivity contribution in [3.63, 3.8) is 0 Å². The van der Waals surface area contributed by atoms with Crippen molar-refractivity contribution in [1.29, 1.82) is 0 Å². The highest BCUT2D eigenvalue weighted by molar-refractivity contribution is 5.95. The van der Waals surface area contributed by atoms with Gasteiger partial charge >= 0.3 is 0 Å². The van der Waals surface area contributed by atoms with Crippen LogP contribution in [0.25, 0.3) is 10.9 Å². The summed E-state index contributed by atoms with van der Waals surface area (Å²) in [5, 5.41) is 8.77. The lowest BCUT2D eigenvalue weighted by Gasteiger charge is -2.32. The number of fused-ring (bicyclic) bond motifs is 2. The van der Waals surface area contributed by atoms with Gasteiger partial charge in [-0.05, 0) is 37.1 Å². The van der Waals surface area contributed by atoms with Gasteiger partial charge in [0.15, 0.2) is 5.78 Å². The number of rotatable bonds is 2. The van der Waals surface area contributed by atoms with Crippen molar-refractivity contribution >= 4 is 22.6 Å². The van der Waals surface area contributed by atoms with Gasteiger partial charge in [0.2, 0.25) is 0 Å². The Morgan fingerprint density at radius 3 is 2.82 bits per heavy atom. The van der Waals surface area contributed by atoms with Crippen LogP contribution in [0.1, 0.15) is 40.4 Å². The van der Waals surface area contributed by atoms with E-state index >= 15 is 0 Å². The fraction of sp³-hybridized carbons (Fsp3) is 0.318. The van der Waals surface area contributed by atoms with Gasteiger partial charge in [-0.1, -0.05) is 18.2 Å². The number of Topliss-reactive ketones (excluding diaryl/α,β-unsaturated/α-hetero) is 1. The summed E-state index contributed by atoms with van der Waals surface area (Å²) in [4.78, 5) is 26.5. The van der Waals surface area contributed by atoms with Gasteiger partial charge in [-0.25, -0.2) is 0 Å². The number of hydrogen-bond acceptors (Lipinski definition) is 4. The van der Waals surface area contributed by atoms with Crippen LogP contribution < -0.4 is 4.74 Å². The molecule has 28 heavy (non-hydrogen) atoms. The maximum Gasteiger partial charge on any atom is 0.253 e. The Labute approximate surface area is 162 Å². The van der Waals surface area contributed by atoms with Crippen molar-refractivity contribution < 1.29 is 14.3 Å². The Morgan fingerprint density at radius 1 is 1.14 bits per heavy atom. The van der Waals surface area contributed by atoms with E-state index in [-0.39, 0.29) is 18.3 Å². The molecule has 0 spiro atoms. The molecule has 0 radical (unpaired) electrons. The minimum absolute atomic E-state index is 0.0220. The highest BCUT2D eigenvalue weighted by atomic mass is 16.5. The zero-order chi connectivity index (χ0) is 19.1. The molecule has 3 heterocycles. The second-order valence-corrected chi connectivity index (χ2v) is 7.55. The van der Waals surface area contributed by atoms with Crippen LogP contribution in [0, 0.1) is 0 Å². The van der Waals surface area contributed by atoms with Gasteiger partial charge in [-0.2, -0.15) is 5.10 Å². The quantitative estimate of drug-likeness (QED) is 0.747. The van der Waals surface area contributed by atoms with Gasteiger partial charge in [0.25, 0.3) is 5.91 Å². The Hall–Kier alpha value is -3.15. The summed E-state index contributed by atoms with van der Waals surface area (Å²) in [5.74, 6) is 1.16. The maximum absolute atomic E-state index is 13.0. The molecule has 2 aliphatic heterocycles. The van der Waals surface area contributed by atoms with Crippen LogP contribution in [0.4, 0.5) is 0 Å². The molecule has 0 aliphatic carbocycles. The van der Waals surface area contributed by atoms with E-state index in [4.69, 9.17) is 4.74 Å². The van der Waals surface area contributed by atoms with Crippen LogP contribution in [0.2, 0.25) is 0 Å². The highest BCUT2D eigenvalue weighted by Gasteiger charge is 2.27. The molecule has 6 heteroatoms. The maximum atomic E-state index is 13.0. The number of carbonyl (C=O) groups excluding carboxylic acids is 2. The molecule has 5 rings (SSSR count). The van der Waals surface area contributed by atoms with E-state index in [2.05, 4.69) is 16.3 Å². The van der Waals surface area contributed by atoms with E-state index in [1.165, 1.54) is 11.1 Å². The molecular formula is C22H21N3O3. The van der Waals surface area contributed by atoms with Crippen molar-refractivity contribution in [3.8, 4) is 5.75 Å². The van der Waals surface area contributed by atoms with Gasteiger partial charge in [-0.3, -0.25) is 14.7 Å². The summed E-state index contributed by atoms with van der Waals surface area (Å²) in [6, 6.07) is 13.5. The smallest absolute Gasteiger partial charge is 0.253 e. The van der Waals surface area contributed by atoms with E-state index in [1.54, 1.807) is 12.1 Å². The predicted molar refractivity (Wildman–Crippen MR) is 105 cm³/mol. The van der Waals surface area contributed by atoms with Gasteiger partial charge in [0.05, 0.1) is 5.52 Å². The summed E-state index contributed by atoms with van der Waals surface area (Å²) in [6.45, 7) is 1.54. The molecular weight excluding hydrogens is 354 g/mol. The number of likely N-dealkylation sites (tertiary alicyclic amines) is 1. The first kappa shape index (κ1) is 17.0. The number of aromatic amines is 1. The number of para-hydroxylation sites is 1. The fourth-order valence-electron chi connectivity index (χ4n) is 4.26. The zero-order valence-corrected chi connectivity index (χ0v) is 15.5. The van der Waals surface area contributed by atoms with Crippen LogP contribution in [0.3, 0.4) is 0 Å². The molecule has 2 aliphatic rings. The average Bonchev–Trinajstić information content (AvgIpc) is 3.17. The molecule has 0 atom stereocenters. The van der Waals surface area contributed by atoms with Gasteiger partial charge in [-0.15, -0.1) is 0 Å². The first-order chi connectivity index (χ1) is 13.7. The molecule has 1 N–H and O–H groups in total. The number of nitrogens with one attached hydrogen (secondary N) is 1. The third-order valence-corrected chi connectivity index (χ3v) is 5.77. The van der Waals surface area contributed by atoms with Crippen LogP contribution >= 0.6 is 0 Å². The Bertz CT molecular complexity index is 1060. The number of amides is 1. The van der Waals surface area contributed by atoms with Gasteiger partial charge in [0.1, 0.15) is 12.4 Å². The van der Waals surface area contributed by atoms with Gasteiger partial charge < -0.3 is 9.64 Å². The third-order valence-electron chi connectivity index (χ3n) is 5.77. The molecule has 142 valence electrons. The summed E-state index contributed by atoms with van der Waals surface area (Å²) in [7, 11) is 0. The van der Waals surface area contributed by atoms with Crippen molar-refractivity contribution in [2.75, 3.05) is 19.7 Å². The molecule has 1 saturated heterocycles. The van der Waals surface area contributed by atoms with Crippen molar-refractivity contribution in [1.82, 2.24) is 15.1 Å². The molecule has 3 aromatic rings. The lowest BCUT2D eigenvalue weighted by atomic mass is 9.91. The van der Waals surface area contributed by atoms with Crippen molar-refractivity contribution in [3.05, 3.63) is 59.3 Å². The molecule has 0 saturated carbocycles. The molecule has 6 nitrogen and oxygen atoms in total. The van der Waals surface area contributed by atoms with E-state index in [1.807, 2.05) is 29.2 Å². The highest BCUT2D eigenvalue weighted by Crippen LogP contribution is 2.32. The number of aromatic nitrogens is 2. The minimum atomic E-state index is 0.0220. The molecule has 1 fully saturated rings. The molecule has 2 aromatic carbocycles. The third kappa shape index (κ3) is 2.95. The zero-order valence-electron chi connectivity index (χ0n) is 15.5. The van der Waals surface area contributed by atoms with Crippen LogP contribution in [-0.4, -0.2) is 46.5 Å². The van der Waals surface area contributed by atoms with Crippen molar-refractivity contribution in [2.45, 2.75) is 25.2 Å². The minimum Gasteiger partial charge on any atom is -0.486 e. The van der Waals surface area contributed by atoms with E-state index < -0.39 is 0 Å². The number of nitrogens with zero attached hydrogens (tertiary/aromatic N) is 2. The van der Waals surface area contributed by atoms with E-state index in [9.17, 15) is 9.59 Å². The number of H-pyrrole nitrogens is 1. The Balaban J connectivity index is 1.30. The molecule has 0 unspecified atom stereocenters. The second-order valence-electron chi connectivity index (χ2n) is 7.55. The molecule has 1 aromatic heterocycles. The summed E-state index contributed by atoms with van der Waals surface area (Å²) in [5.41, 5.74) is 3.59. The standard InChI is InChI=1S/C22H21N3O3/c26-17-12-16-11-15(5-6-20(16)28-13-17)22(27)25-9-7-14(8-10-25)21-18-3-1-2-4-19(18)23-24-21/h1-6,11,14H,7-10,12-13H2,(H,23,24). The number of piperidine rings is 1. The molecule has 1 amide bonds. The number of ether oxygens (including phenoxy) is 1. The fourth-order valence-corrected chi connectivity index (χ4v) is 4.26. The number of benzene rings is 2. The Morgan fingerprint density at radius 2 is 1.96 bits per heavy atom. The van der Waals surface area contributed by atoms with Crippen LogP contribution in [0.15, 0.2) is 42.5 Å². The summed E-state index contributed by atoms with van der Waals surface area (Å²) < 4.78 is 5.42. The normalized spacial score (nSPS) is 17.4. The Kier molecular flexibility index (Phi) is 4.11. The van der Waals surface area contributed by atoms with E-state index in [0.29, 0.717) is 36.7 Å². The number of ketones is 1. The summed E-state index contributed by atoms with van der Waals surface area (Å²) >= 11 is 0. The largest absolute Gasteiger partial charge is 0.486 e. The second kappa shape index (κ2) is 6.78. The number of hydrogen-bond donors (Lipinski definition) is 1. The lowest BCUT2D eigenvalue weighted by molar-refractivity contribution is -0.121. The van der Waals surface area contributed by atoms with Crippen molar-refractivity contribution in [2.24, 2.45) is 0 Å². The van der Waals surface area contributed by atoms with Crippen LogP contribution in [0.5, 0.6) is 5.75 Å². The van der Waals surface area contributed by atoms with E-state index in [0.717, 1.165) is 23.9 Å². The molecule has 0 bridgehead atoms. The predicted octanol–water partition coefficient (Wildman–Crippen LogP) is 3.09.